The summed E-state index contributed by atoms with van der Waals surface area (Å²) in [6, 6.07) is 0. The van der Waals surface area contributed by atoms with E-state index in [1.807, 2.05) is 0 Å². The van der Waals surface area contributed by atoms with Crippen LogP contribution in [0.3, 0.4) is 0 Å². The van der Waals surface area contributed by atoms with Crippen LogP contribution in [0, 0.1) is 46.3 Å². The summed E-state index contributed by atoms with van der Waals surface area (Å²) in [5.74, 6) is 5.23. The minimum atomic E-state index is -0.163. The van der Waals surface area contributed by atoms with Gasteiger partial charge in [0.15, 0.2) is 0 Å². The predicted octanol–water partition coefficient (Wildman–Crippen LogP) is 7.94. The maximum Gasteiger partial charge on any atom is 0.0615 e. The number of allylic oxidation sites excluding steroid dienone is 2. The zero-order valence-electron chi connectivity index (χ0n) is 20.7. The summed E-state index contributed by atoms with van der Waals surface area (Å²) in [5, 5.41) is 10.5. The third-order valence-electron chi connectivity index (χ3n) is 10.6. The number of aliphatic hydroxyl groups is 1. The highest BCUT2D eigenvalue weighted by molar-refractivity contribution is 5.37. The average molecular weight is 413 g/mol. The second-order valence-electron chi connectivity index (χ2n) is 12.5. The highest BCUT2D eigenvalue weighted by Crippen LogP contribution is 2.68. The number of fused-ring (bicyclic) bond motifs is 5. The molecule has 0 radical (unpaired) electrons. The summed E-state index contributed by atoms with van der Waals surface area (Å²) < 4.78 is 0. The van der Waals surface area contributed by atoms with Gasteiger partial charge in [-0.3, -0.25) is 0 Å². The van der Waals surface area contributed by atoms with Gasteiger partial charge >= 0.3 is 0 Å². The second-order valence-corrected chi connectivity index (χ2v) is 12.5. The molecule has 1 heteroatoms. The van der Waals surface area contributed by atoms with Crippen molar-refractivity contribution in [1.29, 1.82) is 0 Å². The molecule has 0 saturated heterocycles. The third kappa shape index (κ3) is 3.56. The SMILES string of the molecule is C/C=C1\CC(O)CC2=CC[C@H]3[C@@H]4CC[C@H]([C@H](C)CCCC(C)C)[C@@]4(C)CC[C@@H]3[C@]21C. The molecule has 8 atom stereocenters. The number of aliphatic hydroxyl groups excluding tert-OH is 1. The van der Waals surface area contributed by atoms with E-state index in [4.69, 9.17) is 0 Å². The Hall–Kier alpha value is -0.560. The molecule has 3 fully saturated rings. The lowest BCUT2D eigenvalue weighted by Crippen LogP contribution is -2.51. The summed E-state index contributed by atoms with van der Waals surface area (Å²) >= 11 is 0. The molecule has 0 aromatic heterocycles. The Balaban J connectivity index is 1.55. The molecular formula is C29H48O. The molecule has 0 aliphatic heterocycles. The zero-order chi connectivity index (χ0) is 21.7. The fourth-order valence-electron chi connectivity index (χ4n) is 9.04. The maximum absolute atomic E-state index is 10.5. The van der Waals surface area contributed by atoms with Crippen LogP contribution in [-0.2, 0) is 0 Å². The van der Waals surface area contributed by atoms with E-state index < -0.39 is 0 Å². The highest BCUT2D eigenvalue weighted by atomic mass is 16.3. The molecule has 0 spiro atoms. The van der Waals surface area contributed by atoms with Crippen LogP contribution in [-0.4, -0.2) is 11.2 Å². The van der Waals surface area contributed by atoms with E-state index in [0.717, 1.165) is 48.3 Å². The van der Waals surface area contributed by atoms with E-state index in [1.165, 1.54) is 56.9 Å². The monoisotopic (exact) mass is 412 g/mol. The van der Waals surface area contributed by atoms with E-state index >= 15 is 0 Å². The standard InChI is InChI=1S/C29H48O/c1-7-21-17-23(30)18-22-11-12-24-26-14-13-25(20(4)10-8-9-19(2)3)28(26,5)16-15-27(24)29(21,22)6/h7,11,19-20,23-27,30H,8-10,12-18H2,1-6H3/b21-7+/t20-,23?,24+,25-,26+,27+,28-,29+/m1/s1. The number of rotatable bonds is 5. The molecule has 4 aliphatic rings. The molecular weight excluding hydrogens is 364 g/mol. The van der Waals surface area contributed by atoms with Gasteiger partial charge in [-0.25, -0.2) is 0 Å². The van der Waals surface area contributed by atoms with Gasteiger partial charge in [0, 0.05) is 5.41 Å². The van der Waals surface area contributed by atoms with Crippen molar-refractivity contribution < 1.29 is 5.11 Å². The fourth-order valence-corrected chi connectivity index (χ4v) is 9.04. The van der Waals surface area contributed by atoms with Gasteiger partial charge in [-0.2, -0.15) is 0 Å². The van der Waals surface area contributed by atoms with Crippen LogP contribution in [0.15, 0.2) is 23.3 Å². The second kappa shape index (κ2) is 8.42. The van der Waals surface area contributed by atoms with Gasteiger partial charge in [-0.15, -0.1) is 0 Å². The highest BCUT2D eigenvalue weighted by Gasteiger charge is 2.59. The molecule has 0 bridgehead atoms. The van der Waals surface area contributed by atoms with Crippen LogP contribution < -0.4 is 0 Å². The Morgan fingerprint density at radius 2 is 1.83 bits per heavy atom. The van der Waals surface area contributed by atoms with Crippen LogP contribution in [0.2, 0.25) is 0 Å². The molecule has 1 N–H and O–H groups in total. The Morgan fingerprint density at radius 1 is 1.07 bits per heavy atom. The van der Waals surface area contributed by atoms with Gasteiger partial charge in [-0.1, -0.05) is 77.2 Å². The number of hydrogen-bond acceptors (Lipinski definition) is 1. The molecule has 0 heterocycles. The molecule has 30 heavy (non-hydrogen) atoms. The van der Waals surface area contributed by atoms with Gasteiger partial charge in [0.1, 0.15) is 0 Å². The molecule has 4 rings (SSSR count). The molecule has 0 amide bonds. The Morgan fingerprint density at radius 3 is 2.53 bits per heavy atom. The maximum atomic E-state index is 10.5. The molecule has 170 valence electrons. The van der Waals surface area contributed by atoms with E-state index in [0.29, 0.717) is 5.41 Å². The largest absolute Gasteiger partial charge is 0.392 e. The topological polar surface area (TPSA) is 20.2 Å². The van der Waals surface area contributed by atoms with Crippen molar-refractivity contribution in [3.05, 3.63) is 23.3 Å². The summed E-state index contributed by atoms with van der Waals surface area (Å²) in [7, 11) is 0. The van der Waals surface area contributed by atoms with Gasteiger partial charge in [-0.05, 0) is 92.8 Å². The molecule has 4 aliphatic carbocycles. The van der Waals surface area contributed by atoms with Crippen molar-refractivity contribution in [2.24, 2.45) is 46.3 Å². The summed E-state index contributed by atoms with van der Waals surface area (Å²) in [5.41, 5.74) is 3.88. The van der Waals surface area contributed by atoms with Crippen molar-refractivity contribution in [3.63, 3.8) is 0 Å². The Bertz CT molecular complexity index is 686. The number of hydrogen-bond donors (Lipinski definition) is 1. The normalized spacial score (nSPS) is 45.7. The quantitative estimate of drug-likeness (QED) is 0.454. The molecule has 3 saturated carbocycles. The first-order chi connectivity index (χ1) is 14.2. The van der Waals surface area contributed by atoms with Crippen molar-refractivity contribution in [2.75, 3.05) is 0 Å². The predicted molar refractivity (Wildman–Crippen MR) is 128 cm³/mol. The van der Waals surface area contributed by atoms with Crippen LogP contribution >= 0.6 is 0 Å². The van der Waals surface area contributed by atoms with Crippen molar-refractivity contribution >= 4 is 0 Å². The summed E-state index contributed by atoms with van der Waals surface area (Å²) in [6.07, 6.45) is 17.8. The first kappa shape index (κ1) is 22.6. The van der Waals surface area contributed by atoms with Gasteiger partial charge in [0.05, 0.1) is 6.10 Å². The van der Waals surface area contributed by atoms with Crippen LogP contribution in [0.25, 0.3) is 0 Å². The van der Waals surface area contributed by atoms with Crippen LogP contribution in [0.4, 0.5) is 0 Å². The smallest absolute Gasteiger partial charge is 0.0615 e. The van der Waals surface area contributed by atoms with Gasteiger partial charge in [0.2, 0.25) is 0 Å². The van der Waals surface area contributed by atoms with E-state index in [9.17, 15) is 5.11 Å². The minimum Gasteiger partial charge on any atom is -0.392 e. The molecule has 0 aromatic rings. The lowest BCUT2D eigenvalue weighted by Gasteiger charge is -2.59. The van der Waals surface area contributed by atoms with E-state index in [2.05, 4.69) is 53.7 Å². The Kier molecular flexibility index (Phi) is 6.35. The van der Waals surface area contributed by atoms with Crippen molar-refractivity contribution in [2.45, 2.75) is 112 Å². The van der Waals surface area contributed by atoms with E-state index in [1.54, 1.807) is 5.57 Å². The molecule has 1 nitrogen and oxygen atoms in total. The fraction of sp³-hybridized carbons (Fsp3) is 0.862. The first-order valence-corrected chi connectivity index (χ1v) is 13.2. The van der Waals surface area contributed by atoms with Crippen LogP contribution in [0.5, 0.6) is 0 Å². The molecule has 0 aromatic carbocycles. The third-order valence-corrected chi connectivity index (χ3v) is 10.6. The van der Waals surface area contributed by atoms with E-state index in [-0.39, 0.29) is 11.5 Å². The summed E-state index contributed by atoms with van der Waals surface area (Å²) in [4.78, 5) is 0. The average Bonchev–Trinajstić information content (AvgIpc) is 3.05. The van der Waals surface area contributed by atoms with Crippen molar-refractivity contribution in [1.82, 2.24) is 0 Å². The molecule has 1 unspecified atom stereocenters. The first-order valence-electron chi connectivity index (χ1n) is 13.2. The lowest BCUT2D eigenvalue weighted by molar-refractivity contribution is -0.0424. The Labute approximate surface area is 186 Å². The van der Waals surface area contributed by atoms with Crippen molar-refractivity contribution in [3.8, 4) is 0 Å². The van der Waals surface area contributed by atoms with Crippen LogP contribution in [0.1, 0.15) is 106 Å². The minimum absolute atomic E-state index is 0.163. The summed E-state index contributed by atoms with van der Waals surface area (Å²) in [6.45, 7) is 14.7. The zero-order valence-corrected chi connectivity index (χ0v) is 20.7. The lowest BCUT2D eigenvalue weighted by atomic mass is 9.46. The van der Waals surface area contributed by atoms with Gasteiger partial charge < -0.3 is 5.11 Å². The van der Waals surface area contributed by atoms with Gasteiger partial charge in [0.25, 0.3) is 0 Å².